The van der Waals surface area contributed by atoms with Crippen molar-refractivity contribution in [2.75, 3.05) is 14.2 Å². The van der Waals surface area contributed by atoms with E-state index in [1.807, 2.05) is 37.3 Å². The molecule has 0 aromatic heterocycles. The van der Waals surface area contributed by atoms with Crippen LogP contribution in [0.25, 0.3) is 0 Å². The zero-order valence-corrected chi connectivity index (χ0v) is 13.5. The van der Waals surface area contributed by atoms with E-state index in [4.69, 9.17) is 9.47 Å². The summed E-state index contributed by atoms with van der Waals surface area (Å²) in [5.74, 6) is 1.65. The SMILES string of the molecule is COc1ccc([C@@H]2CC(c3cc(C)ccc3O)=NN2)cc1OC. The quantitative estimate of drug-likeness (QED) is 0.910. The highest BCUT2D eigenvalue weighted by atomic mass is 16.5. The Morgan fingerprint density at radius 3 is 2.61 bits per heavy atom. The molecule has 0 aliphatic carbocycles. The molecular weight excluding hydrogens is 292 g/mol. The van der Waals surface area contributed by atoms with E-state index < -0.39 is 0 Å². The molecule has 1 aliphatic heterocycles. The number of phenolic OH excluding ortho intramolecular Hbond substituents is 1. The maximum atomic E-state index is 10.1. The maximum Gasteiger partial charge on any atom is 0.161 e. The molecule has 0 spiro atoms. The van der Waals surface area contributed by atoms with E-state index in [1.54, 1.807) is 20.3 Å². The zero-order valence-electron chi connectivity index (χ0n) is 13.5. The fourth-order valence-electron chi connectivity index (χ4n) is 2.75. The van der Waals surface area contributed by atoms with Gasteiger partial charge in [0.05, 0.1) is 26.0 Å². The molecule has 5 nitrogen and oxygen atoms in total. The molecule has 0 unspecified atom stereocenters. The van der Waals surface area contributed by atoms with Gasteiger partial charge in [-0.3, -0.25) is 0 Å². The van der Waals surface area contributed by atoms with Crippen LogP contribution in [0.15, 0.2) is 41.5 Å². The standard InChI is InChI=1S/C18H20N2O3/c1-11-4-6-16(21)13(8-11)15-10-14(19-20-15)12-5-7-17(22-2)18(9-12)23-3/h4-9,14,19,21H,10H2,1-3H3/t14-/m0/s1. The van der Waals surface area contributed by atoms with Gasteiger partial charge in [-0.1, -0.05) is 17.7 Å². The lowest BCUT2D eigenvalue weighted by molar-refractivity contribution is 0.354. The highest BCUT2D eigenvalue weighted by molar-refractivity contribution is 6.04. The molecule has 5 heteroatoms. The summed E-state index contributed by atoms with van der Waals surface area (Å²) in [6.45, 7) is 2.00. The van der Waals surface area contributed by atoms with E-state index in [2.05, 4.69) is 10.5 Å². The molecule has 23 heavy (non-hydrogen) atoms. The summed E-state index contributed by atoms with van der Waals surface area (Å²) >= 11 is 0. The van der Waals surface area contributed by atoms with Crippen molar-refractivity contribution in [2.45, 2.75) is 19.4 Å². The number of nitrogens with zero attached hydrogens (tertiary/aromatic N) is 1. The molecule has 3 rings (SSSR count). The maximum absolute atomic E-state index is 10.1. The van der Waals surface area contributed by atoms with Gasteiger partial charge in [-0.2, -0.15) is 5.10 Å². The van der Waals surface area contributed by atoms with E-state index >= 15 is 0 Å². The summed E-state index contributed by atoms with van der Waals surface area (Å²) in [5, 5.41) is 14.5. The van der Waals surface area contributed by atoms with Crippen LogP contribution >= 0.6 is 0 Å². The van der Waals surface area contributed by atoms with Crippen LogP contribution in [0, 0.1) is 6.92 Å². The lowest BCUT2D eigenvalue weighted by Crippen LogP contribution is -2.10. The van der Waals surface area contributed by atoms with E-state index in [1.165, 1.54) is 0 Å². The molecule has 1 atom stereocenters. The van der Waals surface area contributed by atoms with Gasteiger partial charge >= 0.3 is 0 Å². The summed E-state index contributed by atoms with van der Waals surface area (Å²) in [5.41, 5.74) is 6.92. The van der Waals surface area contributed by atoms with Crippen LogP contribution in [0.3, 0.4) is 0 Å². The third-order valence-corrected chi connectivity index (χ3v) is 4.03. The molecule has 0 saturated heterocycles. The number of methoxy groups -OCH3 is 2. The average molecular weight is 312 g/mol. The number of hydrazone groups is 1. The van der Waals surface area contributed by atoms with Crippen molar-refractivity contribution in [3.05, 3.63) is 53.1 Å². The third kappa shape index (κ3) is 2.95. The fourth-order valence-corrected chi connectivity index (χ4v) is 2.75. The van der Waals surface area contributed by atoms with E-state index in [0.29, 0.717) is 17.9 Å². The first kappa shape index (κ1) is 15.2. The summed E-state index contributed by atoms with van der Waals surface area (Å²) in [4.78, 5) is 0. The number of ether oxygens (including phenoxy) is 2. The number of rotatable bonds is 4. The van der Waals surface area contributed by atoms with Crippen LogP contribution in [0.1, 0.15) is 29.2 Å². The summed E-state index contributed by atoms with van der Waals surface area (Å²) in [6, 6.07) is 11.4. The van der Waals surface area contributed by atoms with Crippen LogP contribution in [0.2, 0.25) is 0 Å². The second kappa shape index (κ2) is 6.20. The lowest BCUT2D eigenvalue weighted by atomic mass is 9.97. The second-order valence-electron chi connectivity index (χ2n) is 5.58. The van der Waals surface area contributed by atoms with Gasteiger partial charge in [0.1, 0.15) is 5.75 Å². The molecule has 120 valence electrons. The Bertz CT molecular complexity index is 756. The number of hydrogen-bond donors (Lipinski definition) is 2. The number of phenols is 1. The van der Waals surface area contributed by atoms with Crippen LogP contribution in [0.4, 0.5) is 0 Å². The predicted octanol–water partition coefficient (Wildman–Crippen LogP) is 3.16. The van der Waals surface area contributed by atoms with E-state index in [0.717, 1.165) is 22.4 Å². The summed E-state index contributed by atoms with van der Waals surface area (Å²) < 4.78 is 10.6. The van der Waals surface area contributed by atoms with Crippen LogP contribution in [0.5, 0.6) is 17.2 Å². The number of benzene rings is 2. The number of hydrogen-bond acceptors (Lipinski definition) is 5. The van der Waals surface area contributed by atoms with Crippen LogP contribution < -0.4 is 14.9 Å². The van der Waals surface area contributed by atoms with Gasteiger partial charge in [-0.15, -0.1) is 0 Å². The van der Waals surface area contributed by atoms with Gasteiger partial charge in [-0.05, 0) is 36.8 Å². The third-order valence-electron chi connectivity index (χ3n) is 4.03. The number of aryl methyl sites for hydroxylation is 1. The fraction of sp³-hybridized carbons (Fsp3) is 0.278. The van der Waals surface area contributed by atoms with Gasteiger partial charge in [0.15, 0.2) is 11.5 Å². The highest BCUT2D eigenvalue weighted by Crippen LogP contribution is 2.34. The summed E-state index contributed by atoms with van der Waals surface area (Å²) in [7, 11) is 3.24. The molecular formula is C18H20N2O3. The van der Waals surface area contributed by atoms with E-state index in [-0.39, 0.29) is 11.8 Å². The minimum absolute atomic E-state index is 0.0460. The average Bonchev–Trinajstić information content (AvgIpc) is 3.06. The van der Waals surface area contributed by atoms with Gasteiger partial charge in [-0.25, -0.2) is 0 Å². The normalized spacial score (nSPS) is 16.7. The van der Waals surface area contributed by atoms with Crippen LogP contribution in [-0.4, -0.2) is 25.0 Å². The molecule has 0 fully saturated rings. The molecule has 0 radical (unpaired) electrons. The van der Waals surface area contributed by atoms with Crippen molar-refractivity contribution < 1.29 is 14.6 Å². The lowest BCUT2D eigenvalue weighted by Gasteiger charge is -2.14. The minimum atomic E-state index is 0.0460. The van der Waals surface area contributed by atoms with Crippen molar-refractivity contribution in [3.63, 3.8) is 0 Å². The Morgan fingerprint density at radius 1 is 1.09 bits per heavy atom. The molecule has 0 saturated carbocycles. The second-order valence-corrected chi connectivity index (χ2v) is 5.58. The molecule has 0 bridgehead atoms. The number of aromatic hydroxyl groups is 1. The van der Waals surface area contributed by atoms with Crippen molar-refractivity contribution in [1.82, 2.24) is 5.43 Å². The van der Waals surface area contributed by atoms with Crippen molar-refractivity contribution in [3.8, 4) is 17.2 Å². The Hall–Kier alpha value is -2.69. The molecule has 1 heterocycles. The molecule has 2 aromatic rings. The van der Waals surface area contributed by atoms with Gasteiger partial charge in [0.25, 0.3) is 0 Å². The van der Waals surface area contributed by atoms with Gasteiger partial charge in [0.2, 0.25) is 0 Å². The van der Waals surface area contributed by atoms with Gasteiger partial charge in [0, 0.05) is 12.0 Å². The number of nitrogens with one attached hydrogen (secondary N) is 1. The first-order valence-electron chi connectivity index (χ1n) is 7.46. The predicted molar refractivity (Wildman–Crippen MR) is 89.4 cm³/mol. The Morgan fingerprint density at radius 2 is 1.87 bits per heavy atom. The van der Waals surface area contributed by atoms with E-state index in [9.17, 15) is 5.11 Å². The minimum Gasteiger partial charge on any atom is -0.507 e. The Balaban J connectivity index is 1.83. The monoisotopic (exact) mass is 312 g/mol. The smallest absolute Gasteiger partial charge is 0.161 e. The summed E-state index contributed by atoms with van der Waals surface area (Å²) in [6.07, 6.45) is 0.701. The van der Waals surface area contributed by atoms with Crippen molar-refractivity contribution in [2.24, 2.45) is 5.10 Å². The highest BCUT2D eigenvalue weighted by Gasteiger charge is 2.24. The van der Waals surface area contributed by atoms with Gasteiger partial charge < -0.3 is 20.0 Å². The first-order valence-corrected chi connectivity index (χ1v) is 7.46. The Labute approximate surface area is 135 Å². The zero-order chi connectivity index (χ0) is 16.4. The first-order chi connectivity index (χ1) is 11.1. The van der Waals surface area contributed by atoms with Crippen molar-refractivity contribution >= 4 is 5.71 Å². The molecule has 1 aliphatic rings. The van der Waals surface area contributed by atoms with Crippen LogP contribution in [-0.2, 0) is 0 Å². The van der Waals surface area contributed by atoms with Crippen molar-refractivity contribution in [1.29, 1.82) is 0 Å². The Kier molecular flexibility index (Phi) is 4.10. The largest absolute Gasteiger partial charge is 0.507 e. The topological polar surface area (TPSA) is 63.1 Å². The molecule has 0 amide bonds. The molecule has 2 aromatic carbocycles. The molecule has 2 N–H and O–H groups in total.